The Balaban J connectivity index is 1.35. The second kappa shape index (κ2) is 10.3. The third-order valence-electron chi connectivity index (χ3n) is 5.77. The molecule has 2 heterocycles. The Kier molecular flexibility index (Phi) is 6.84. The number of fused-ring (bicyclic) bond motifs is 1. The number of hydrogen-bond acceptors (Lipinski definition) is 4. The van der Waals surface area contributed by atoms with Gasteiger partial charge in [-0.2, -0.15) is 0 Å². The molecule has 0 radical (unpaired) electrons. The molecule has 1 aliphatic rings. The average Bonchev–Trinajstić information content (AvgIpc) is 3.40. The van der Waals surface area contributed by atoms with E-state index in [0.717, 1.165) is 26.6 Å². The van der Waals surface area contributed by atoms with E-state index in [2.05, 4.69) is 36.5 Å². The number of nitrogens with one attached hydrogen (secondary N) is 1. The Bertz CT molecular complexity index is 1380. The van der Waals surface area contributed by atoms with Crippen molar-refractivity contribution >= 4 is 46.7 Å². The molecule has 0 saturated heterocycles. The van der Waals surface area contributed by atoms with Crippen molar-refractivity contribution in [3.8, 4) is 0 Å². The van der Waals surface area contributed by atoms with E-state index >= 15 is 0 Å². The van der Waals surface area contributed by atoms with Gasteiger partial charge in [0.25, 0.3) is 11.8 Å². The van der Waals surface area contributed by atoms with Crippen molar-refractivity contribution in [1.82, 2.24) is 5.32 Å². The summed E-state index contributed by atoms with van der Waals surface area (Å²) in [5.41, 5.74) is 4.68. The van der Waals surface area contributed by atoms with Crippen molar-refractivity contribution in [2.75, 3.05) is 4.90 Å². The standard InChI is InChI=1S/C29H24N2O2S2/c1-20-8-10-22(11-9-20)19-31-25-6-2-3-7-26(25)35-27(29(31)33)17-21-12-14-23(15-13-21)28(32)30-18-24-5-4-16-34-24/h2-17H,18-19H2,1H3,(H,30,32). The summed E-state index contributed by atoms with van der Waals surface area (Å²) in [4.78, 5) is 30.7. The molecular formula is C29H24N2O2S2. The summed E-state index contributed by atoms with van der Waals surface area (Å²) in [7, 11) is 0. The van der Waals surface area contributed by atoms with Gasteiger partial charge >= 0.3 is 0 Å². The lowest BCUT2D eigenvalue weighted by atomic mass is 10.1. The van der Waals surface area contributed by atoms with Gasteiger partial charge in [0.05, 0.1) is 23.7 Å². The highest BCUT2D eigenvalue weighted by Crippen LogP contribution is 2.42. The fourth-order valence-electron chi connectivity index (χ4n) is 3.86. The largest absolute Gasteiger partial charge is 0.347 e. The van der Waals surface area contributed by atoms with Gasteiger partial charge in [0.2, 0.25) is 0 Å². The zero-order chi connectivity index (χ0) is 24.2. The van der Waals surface area contributed by atoms with Crippen molar-refractivity contribution < 1.29 is 9.59 Å². The molecule has 6 heteroatoms. The van der Waals surface area contributed by atoms with E-state index in [1.165, 1.54) is 17.3 Å². The summed E-state index contributed by atoms with van der Waals surface area (Å²) in [5.74, 6) is -0.133. The third kappa shape index (κ3) is 5.39. The number of anilines is 1. The van der Waals surface area contributed by atoms with E-state index in [1.807, 2.05) is 64.9 Å². The Morgan fingerprint density at radius 2 is 1.71 bits per heavy atom. The minimum absolute atomic E-state index is 0.0213. The maximum atomic E-state index is 13.5. The lowest BCUT2D eigenvalue weighted by molar-refractivity contribution is -0.114. The van der Waals surface area contributed by atoms with E-state index in [1.54, 1.807) is 23.5 Å². The molecule has 1 aliphatic heterocycles. The lowest BCUT2D eigenvalue weighted by Gasteiger charge is -2.30. The van der Waals surface area contributed by atoms with Crippen LogP contribution in [-0.2, 0) is 17.9 Å². The van der Waals surface area contributed by atoms with Crippen LogP contribution < -0.4 is 10.2 Å². The van der Waals surface area contributed by atoms with Crippen LogP contribution in [0.4, 0.5) is 5.69 Å². The van der Waals surface area contributed by atoms with Crippen LogP contribution in [0.15, 0.2) is 100 Å². The SMILES string of the molecule is Cc1ccc(CN2C(=O)C(=Cc3ccc(C(=O)NCc4cccs4)cc3)Sc3ccccc32)cc1. The van der Waals surface area contributed by atoms with Crippen molar-refractivity contribution in [3.63, 3.8) is 0 Å². The van der Waals surface area contributed by atoms with Crippen LogP contribution >= 0.6 is 23.1 Å². The molecule has 0 bridgehead atoms. The maximum absolute atomic E-state index is 13.5. The monoisotopic (exact) mass is 496 g/mol. The van der Waals surface area contributed by atoms with Crippen molar-refractivity contribution in [2.24, 2.45) is 0 Å². The van der Waals surface area contributed by atoms with Gasteiger partial charge in [-0.25, -0.2) is 0 Å². The smallest absolute Gasteiger partial charge is 0.265 e. The summed E-state index contributed by atoms with van der Waals surface area (Å²) >= 11 is 3.10. The van der Waals surface area contributed by atoms with Gasteiger partial charge < -0.3 is 10.2 Å². The van der Waals surface area contributed by atoms with Gasteiger partial charge in [0, 0.05) is 15.3 Å². The Hall–Kier alpha value is -3.61. The first kappa shape index (κ1) is 23.1. The number of hydrogen-bond donors (Lipinski definition) is 1. The predicted octanol–water partition coefficient (Wildman–Crippen LogP) is 6.67. The molecule has 174 valence electrons. The Morgan fingerprint density at radius 3 is 2.46 bits per heavy atom. The summed E-state index contributed by atoms with van der Waals surface area (Å²) in [5, 5.41) is 4.94. The minimum atomic E-state index is -0.112. The van der Waals surface area contributed by atoms with Gasteiger partial charge in [-0.05, 0) is 59.8 Å². The molecule has 2 amide bonds. The molecule has 4 aromatic rings. The first-order chi connectivity index (χ1) is 17.1. The van der Waals surface area contributed by atoms with E-state index < -0.39 is 0 Å². The number of aryl methyl sites for hydroxylation is 1. The first-order valence-electron chi connectivity index (χ1n) is 11.3. The minimum Gasteiger partial charge on any atom is -0.347 e. The second-order valence-electron chi connectivity index (χ2n) is 8.34. The number of rotatable bonds is 6. The molecule has 0 spiro atoms. The number of benzene rings is 3. The number of thiophene rings is 1. The summed E-state index contributed by atoms with van der Waals surface area (Å²) in [6.45, 7) is 3.09. The lowest BCUT2D eigenvalue weighted by Crippen LogP contribution is -2.33. The van der Waals surface area contributed by atoms with Crippen LogP contribution in [0.2, 0.25) is 0 Å². The van der Waals surface area contributed by atoms with E-state index in [0.29, 0.717) is 23.6 Å². The normalized spacial score (nSPS) is 14.1. The molecule has 0 fully saturated rings. The highest BCUT2D eigenvalue weighted by Gasteiger charge is 2.29. The molecular weight excluding hydrogens is 472 g/mol. The van der Waals surface area contributed by atoms with Gasteiger partial charge in [-0.15, -0.1) is 11.3 Å². The van der Waals surface area contributed by atoms with Crippen molar-refractivity contribution in [1.29, 1.82) is 0 Å². The van der Waals surface area contributed by atoms with E-state index in [4.69, 9.17) is 0 Å². The van der Waals surface area contributed by atoms with Crippen LogP contribution in [0.3, 0.4) is 0 Å². The molecule has 5 rings (SSSR count). The van der Waals surface area contributed by atoms with Crippen LogP contribution in [0.1, 0.15) is 31.9 Å². The predicted molar refractivity (Wildman–Crippen MR) is 145 cm³/mol. The molecule has 1 N–H and O–H groups in total. The summed E-state index contributed by atoms with van der Waals surface area (Å²) < 4.78 is 0. The van der Waals surface area contributed by atoms with Crippen LogP contribution in [-0.4, -0.2) is 11.8 Å². The number of para-hydroxylation sites is 1. The molecule has 0 unspecified atom stereocenters. The molecule has 35 heavy (non-hydrogen) atoms. The molecule has 4 nitrogen and oxygen atoms in total. The second-order valence-corrected chi connectivity index (χ2v) is 10.5. The van der Waals surface area contributed by atoms with Gasteiger partial charge in [-0.3, -0.25) is 9.59 Å². The Morgan fingerprint density at radius 1 is 0.943 bits per heavy atom. The quantitative estimate of drug-likeness (QED) is 0.304. The number of thioether (sulfide) groups is 1. The fourth-order valence-corrected chi connectivity index (χ4v) is 5.56. The molecule has 0 saturated carbocycles. The maximum Gasteiger partial charge on any atom is 0.265 e. The summed E-state index contributed by atoms with van der Waals surface area (Å²) in [6.07, 6.45) is 1.90. The third-order valence-corrected chi connectivity index (χ3v) is 7.72. The average molecular weight is 497 g/mol. The van der Waals surface area contributed by atoms with Gasteiger partial charge in [-0.1, -0.05) is 71.9 Å². The first-order valence-corrected chi connectivity index (χ1v) is 13.0. The Labute approximate surface area is 213 Å². The number of carbonyl (C=O) groups is 2. The van der Waals surface area contributed by atoms with E-state index in [-0.39, 0.29) is 11.8 Å². The fraction of sp³-hybridized carbons (Fsp3) is 0.103. The van der Waals surface area contributed by atoms with Crippen LogP contribution in [0.25, 0.3) is 6.08 Å². The number of carbonyl (C=O) groups excluding carboxylic acids is 2. The zero-order valence-electron chi connectivity index (χ0n) is 19.2. The number of nitrogens with zero attached hydrogens (tertiary/aromatic N) is 1. The molecule has 0 aliphatic carbocycles. The van der Waals surface area contributed by atoms with Crippen molar-refractivity contribution in [2.45, 2.75) is 24.9 Å². The van der Waals surface area contributed by atoms with Gasteiger partial charge in [0.15, 0.2) is 0 Å². The molecule has 3 aromatic carbocycles. The molecule has 1 aromatic heterocycles. The highest BCUT2D eigenvalue weighted by atomic mass is 32.2. The van der Waals surface area contributed by atoms with E-state index in [9.17, 15) is 9.59 Å². The van der Waals surface area contributed by atoms with Gasteiger partial charge in [0.1, 0.15) is 0 Å². The van der Waals surface area contributed by atoms with Crippen molar-refractivity contribution in [3.05, 3.63) is 122 Å². The summed E-state index contributed by atoms with van der Waals surface area (Å²) in [6, 6.07) is 27.6. The number of amides is 2. The molecule has 0 atom stereocenters. The highest BCUT2D eigenvalue weighted by molar-refractivity contribution is 8.04. The topological polar surface area (TPSA) is 49.4 Å². The van der Waals surface area contributed by atoms with Crippen LogP contribution in [0.5, 0.6) is 0 Å². The zero-order valence-corrected chi connectivity index (χ0v) is 20.9. The van der Waals surface area contributed by atoms with Crippen LogP contribution in [0, 0.1) is 6.92 Å².